The minimum Gasteiger partial charge on any atom is -0.481 e. The molecule has 5 heteroatoms. The molecule has 2 amide bonds. The second-order valence-electron chi connectivity index (χ2n) is 7.21. The van der Waals surface area contributed by atoms with Gasteiger partial charge in [-0.25, -0.2) is 0 Å². The molecule has 0 bridgehead atoms. The fourth-order valence-electron chi connectivity index (χ4n) is 2.94. The van der Waals surface area contributed by atoms with E-state index in [0.717, 1.165) is 16.7 Å². The van der Waals surface area contributed by atoms with Gasteiger partial charge in [0.1, 0.15) is 5.75 Å². The summed E-state index contributed by atoms with van der Waals surface area (Å²) in [6, 6.07) is 22.3. The Labute approximate surface area is 177 Å². The maximum absolute atomic E-state index is 12.7. The predicted molar refractivity (Wildman–Crippen MR) is 119 cm³/mol. The minimum absolute atomic E-state index is 0.252. The number of para-hydroxylation sites is 1. The summed E-state index contributed by atoms with van der Waals surface area (Å²) in [5.74, 6) is 0.0589. The highest BCUT2D eigenvalue weighted by molar-refractivity contribution is 6.04. The summed E-state index contributed by atoms with van der Waals surface area (Å²) < 4.78 is 5.78. The average molecular weight is 402 g/mol. The van der Waals surface area contributed by atoms with Crippen molar-refractivity contribution in [3.8, 4) is 5.75 Å². The first kappa shape index (κ1) is 21.1. The first-order valence-electron chi connectivity index (χ1n) is 9.90. The smallest absolute Gasteiger partial charge is 0.265 e. The molecular weight excluding hydrogens is 376 g/mol. The average Bonchev–Trinajstić information content (AvgIpc) is 2.75. The molecule has 154 valence electrons. The lowest BCUT2D eigenvalue weighted by Gasteiger charge is -2.17. The molecule has 0 aliphatic rings. The second kappa shape index (κ2) is 9.74. The molecule has 0 unspecified atom stereocenters. The lowest BCUT2D eigenvalue weighted by atomic mass is 10.1. The van der Waals surface area contributed by atoms with Crippen molar-refractivity contribution in [2.45, 2.75) is 33.4 Å². The monoisotopic (exact) mass is 402 g/mol. The molecule has 0 aliphatic heterocycles. The molecule has 0 fully saturated rings. The SMILES string of the molecule is Cc1ccc(O[C@@H](C)C(=O)Nc2ccccc2C(=O)NCc2ccccc2)cc1C. The highest BCUT2D eigenvalue weighted by Gasteiger charge is 2.18. The molecule has 2 N–H and O–H groups in total. The van der Waals surface area contributed by atoms with Gasteiger partial charge in [-0.3, -0.25) is 9.59 Å². The molecule has 0 radical (unpaired) electrons. The van der Waals surface area contributed by atoms with Gasteiger partial charge in [0, 0.05) is 6.54 Å². The molecule has 3 aromatic rings. The van der Waals surface area contributed by atoms with Crippen molar-refractivity contribution >= 4 is 17.5 Å². The van der Waals surface area contributed by atoms with E-state index >= 15 is 0 Å². The van der Waals surface area contributed by atoms with Gasteiger partial charge in [-0.05, 0) is 61.7 Å². The van der Waals surface area contributed by atoms with Gasteiger partial charge in [0.25, 0.3) is 11.8 Å². The fraction of sp³-hybridized carbons (Fsp3) is 0.200. The van der Waals surface area contributed by atoms with Crippen molar-refractivity contribution in [2.24, 2.45) is 0 Å². The lowest BCUT2D eigenvalue weighted by Crippen LogP contribution is -2.31. The predicted octanol–water partition coefficient (Wildman–Crippen LogP) is 4.64. The van der Waals surface area contributed by atoms with Gasteiger partial charge in [0.05, 0.1) is 11.3 Å². The third-order valence-corrected chi connectivity index (χ3v) is 4.89. The number of amides is 2. The van der Waals surface area contributed by atoms with Crippen molar-refractivity contribution < 1.29 is 14.3 Å². The molecule has 3 rings (SSSR count). The van der Waals surface area contributed by atoms with E-state index in [9.17, 15) is 9.59 Å². The van der Waals surface area contributed by atoms with Gasteiger partial charge in [-0.15, -0.1) is 0 Å². The topological polar surface area (TPSA) is 67.4 Å². The van der Waals surface area contributed by atoms with E-state index in [0.29, 0.717) is 23.5 Å². The maximum atomic E-state index is 12.7. The van der Waals surface area contributed by atoms with Crippen LogP contribution in [-0.2, 0) is 11.3 Å². The van der Waals surface area contributed by atoms with Gasteiger partial charge < -0.3 is 15.4 Å². The van der Waals surface area contributed by atoms with Gasteiger partial charge in [0.15, 0.2) is 6.10 Å². The number of carbonyl (C=O) groups is 2. The Morgan fingerprint density at radius 1 is 0.900 bits per heavy atom. The summed E-state index contributed by atoms with van der Waals surface area (Å²) in [6.45, 7) is 6.11. The van der Waals surface area contributed by atoms with E-state index in [1.165, 1.54) is 0 Å². The number of carbonyl (C=O) groups excluding carboxylic acids is 2. The Kier molecular flexibility index (Phi) is 6.86. The van der Waals surface area contributed by atoms with E-state index in [2.05, 4.69) is 10.6 Å². The van der Waals surface area contributed by atoms with Gasteiger partial charge in [0.2, 0.25) is 0 Å². The summed E-state index contributed by atoms with van der Waals surface area (Å²) in [6.07, 6.45) is -0.715. The third kappa shape index (κ3) is 5.47. The summed E-state index contributed by atoms with van der Waals surface area (Å²) in [4.78, 5) is 25.3. The van der Waals surface area contributed by atoms with Crippen LogP contribution in [0.3, 0.4) is 0 Å². The van der Waals surface area contributed by atoms with Crippen LogP contribution in [0.1, 0.15) is 34.0 Å². The van der Waals surface area contributed by atoms with Crippen molar-refractivity contribution in [3.63, 3.8) is 0 Å². The number of nitrogens with one attached hydrogen (secondary N) is 2. The third-order valence-electron chi connectivity index (χ3n) is 4.89. The first-order valence-corrected chi connectivity index (χ1v) is 9.90. The molecule has 30 heavy (non-hydrogen) atoms. The lowest BCUT2D eigenvalue weighted by molar-refractivity contribution is -0.122. The number of rotatable bonds is 7. The van der Waals surface area contributed by atoms with Crippen LogP contribution in [-0.4, -0.2) is 17.9 Å². The molecular formula is C25H26N2O3. The zero-order valence-electron chi connectivity index (χ0n) is 17.4. The van der Waals surface area contributed by atoms with Gasteiger partial charge in [-0.2, -0.15) is 0 Å². The van der Waals surface area contributed by atoms with Crippen LogP contribution < -0.4 is 15.4 Å². The van der Waals surface area contributed by atoms with Crippen LogP contribution in [0.15, 0.2) is 72.8 Å². The largest absolute Gasteiger partial charge is 0.481 e. The summed E-state index contributed by atoms with van der Waals surface area (Å²) in [5, 5.41) is 5.70. The molecule has 5 nitrogen and oxygen atoms in total. The molecule has 3 aromatic carbocycles. The molecule has 0 saturated heterocycles. The Morgan fingerprint density at radius 3 is 2.33 bits per heavy atom. The van der Waals surface area contributed by atoms with Gasteiger partial charge in [-0.1, -0.05) is 48.5 Å². The molecule has 0 spiro atoms. The summed E-state index contributed by atoms with van der Waals surface area (Å²) in [5.41, 5.74) is 4.11. The molecule has 0 aromatic heterocycles. The van der Waals surface area contributed by atoms with Crippen molar-refractivity contribution in [1.82, 2.24) is 5.32 Å². The van der Waals surface area contributed by atoms with Crippen LogP contribution >= 0.6 is 0 Å². The quantitative estimate of drug-likeness (QED) is 0.605. The van der Waals surface area contributed by atoms with Crippen LogP contribution in [0.2, 0.25) is 0 Å². The number of hydrogen-bond donors (Lipinski definition) is 2. The highest BCUT2D eigenvalue weighted by Crippen LogP contribution is 2.19. The number of hydrogen-bond acceptors (Lipinski definition) is 3. The second-order valence-corrected chi connectivity index (χ2v) is 7.21. The Bertz CT molecular complexity index is 1030. The van der Waals surface area contributed by atoms with Crippen molar-refractivity contribution in [3.05, 3.63) is 95.1 Å². The van der Waals surface area contributed by atoms with Crippen molar-refractivity contribution in [1.29, 1.82) is 0 Å². The fourth-order valence-corrected chi connectivity index (χ4v) is 2.94. The molecule has 1 atom stereocenters. The number of aryl methyl sites for hydroxylation is 2. The normalized spacial score (nSPS) is 11.4. The van der Waals surface area contributed by atoms with Crippen LogP contribution in [0.25, 0.3) is 0 Å². The summed E-state index contributed by atoms with van der Waals surface area (Å²) >= 11 is 0. The Morgan fingerprint density at radius 2 is 1.60 bits per heavy atom. The van der Waals surface area contributed by atoms with Gasteiger partial charge >= 0.3 is 0 Å². The zero-order chi connectivity index (χ0) is 21.5. The summed E-state index contributed by atoms with van der Waals surface area (Å²) in [7, 11) is 0. The zero-order valence-corrected chi connectivity index (χ0v) is 17.4. The minimum atomic E-state index is -0.715. The van der Waals surface area contributed by atoms with Crippen LogP contribution in [0, 0.1) is 13.8 Å². The van der Waals surface area contributed by atoms with Crippen molar-refractivity contribution in [2.75, 3.05) is 5.32 Å². The molecule has 0 heterocycles. The number of benzene rings is 3. The standard InChI is InChI=1S/C25H26N2O3/c1-17-13-14-21(15-18(17)2)30-19(3)24(28)27-23-12-8-7-11-22(23)25(29)26-16-20-9-5-4-6-10-20/h4-15,19H,16H2,1-3H3,(H,26,29)(H,27,28)/t19-/m0/s1. The van der Waals surface area contributed by atoms with E-state index in [-0.39, 0.29) is 11.8 Å². The van der Waals surface area contributed by atoms with E-state index in [4.69, 9.17) is 4.74 Å². The van der Waals surface area contributed by atoms with E-state index in [1.807, 2.05) is 62.4 Å². The van der Waals surface area contributed by atoms with Crippen LogP contribution in [0.4, 0.5) is 5.69 Å². The van der Waals surface area contributed by atoms with Crippen LogP contribution in [0.5, 0.6) is 5.75 Å². The highest BCUT2D eigenvalue weighted by atomic mass is 16.5. The number of anilines is 1. The molecule has 0 saturated carbocycles. The Hall–Kier alpha value is -3.60. The number of ether oxygens (including phenoxy) is 1. The molecule has 0 aliphatic carbocycles. The Balaban J connectivity index is 1.65. The van der Waals surface area contributed by atoms with E-state index in [1.54, 1.807) is 31.2 Å². The first-order chi connectivity index (χ1) is 14.4. The van der Waals surface area contributed by atoms with E-state index < -0.39 is 6.10 Å². The maximum Gasteiger partial charge on any atom is 0.265 e.